The van der Waals surface area contributed by atoms with E-state index < -0.39 is 23.9 Å². The molecule has 1 aliphatic carbocycles. The number of methoxy groups -OCH3 is 1. The summed E-state index contributed by atoms with van der Waals surface area (Å²) in [6.07, 6.45) is 0.429. The topological polar surface area (TPSA) is 63.6 Å². The van der Waals surface area contributed by atoms with Crippen LogP contribution in [0.15, 0.2) is 11.6 Å². The average molecular weight is 198 g/mol. The SMILES string of the molecule is COC(=O)C1C(C)=CC(=O)C(C)C1O. The number of aliphatic hydroxyl groups is 1. The number of carbonyl (C=O) groups excluding carboxylic acids is 2. The van der Waals surface area contributed by atoms with Gasteiger partial charge in [0, 0.05) is 5.92 Å². The number of hydrogen-bond acceptors (Lipinski definition) is 4. The molecule has 78 valence electrons. The molecule has 0 radical (unpaired) electrons. The molecule has 0 aromatic heterocycles. The molecule has 0 amide bonds. The van der Waals surface area contributed by atoms with Crippen molar-refractivity contribution in [2.75, 3.05) is 7.11 Å². The molecule has 0 aliphatic heterocycles. The third-order valence-electron chi connectivity index (χ3n) is 2.62. The van der Waals surface area contributed by atoms with Gasteiger partial charge in [0.05, 0.1) is 13.2 Å². The number of hydrogen-bond donors (Lipinski definition) is 1. The Labute approximate surface area is 82.6 Å². The van der Waals surface area contributed by atoms with Crippen LogP contribution >= 0.6 is 0 Å². The summed E-state index contributed by atoms with van der Waals surface area (Å²) >= 11 is 0. The second-order valence-corrected chi connectivity index (χ2v) is 3.57. The molecule has 0 fully saturated rings. The highest BCUT2D eigenvalue weighted by atomic mass is 16.5. The van der Waals surface area contributed by atoms with Crippen LogP contribution in [-0.4, -0.2) is 30.1 Å². The molecule has 1 rings (SSSR count). The van der Waals surface area contributed by atoms with E-state index in [1.54, 1.807) is 13.8 Å². The zero-order chi connectivity index (χ0) is 10.9. The highest BCUT2D eigenvalue weighted by Crippen LogP contribution is 2.28. The molecule has 3 unspecified atom stereocenters. The third-order valence-corrected chi connectivity index (χ3v) is 2.62. The molecule has 0 saturated carbocycles. The number of rotatable bonds is 1. The summed E-state index contributed by atoms with van der Waals surface area (Å²) in [5.41, 5.74) is 0.562. The van der Waals surface area contributed by atoms with Gasteiger partial charge in [-0.15, -0.1) is 0 Å². The summed E-state index contributed by atoms with van der Waals surface area (Å²) < 4.78 is 4.56. The molecular weight excluding hydrogens is 184 g/mol. The van der Waals surface area contributed by atoms with Gasteiger partial charge in [-0.2, -0.15) is 0 Å². The molecule has 3 atom stereocenters. The monoisotopic (exact) mass is 198 g/mol. The van der Waals surface area contributed by atoms with Crippen LogP contribution in [0, 0.1) is 11.8 Å². The van der Waals surface area contributed by atoms with Crippen molar-refractivity contribution in [2.24, 2.45) is 11.8 Å². The molecule has 0 heterocycles. The molecule has 14 heavy (non-hydrogen) atoms. The lowest BCUT2D eigenvalue weighted by atomic mass is 9.79. The van der Waals surface area contributed by atoms with Crippen molar-refractivity contribution in [1.82, 2.24) is 0 Å². The Hall–Kier alpha value is -1.16. The lowest BCUT2D eigenvalue weighted by Crippen LogP contribution is -2.41. The zero-order valence-electron chi connectivity index (χ0n) is 8.48. The minimum atomic E-state index is -0.972. The van der Waals surface area contributed by atoms with Crippen molar-refractivity contribution in [3.05, 3.63) is 11.6 Å². The predicted molar refractivity (Wildman–Crippen MR) is 49.4 cm³/mol. The van der Waals surface area contributed by atoms with Crippen LogP contribution in [0.1, 0.15) is 13.8 Å². The van der Waals surface area contributed by atoms with Gasteiger partial charge in [-0.05, 0) is 13.0 Å². The van der Waals surface area contributed by atoms with Crippen molar-refractivity contribution < 1.29 is 19.4 Å². The molecule has 1 aliphatic rings. The Morgan fingerprint density at radius 2 is 2.14 bits per heavy atom. The lowest BCUT2D eigenvalue weighted by molar-refractivity contribution is -0.149. The van der Waals surface area contributed by atoms with Gasteiger partial charge in [0.15, 0.2) is 5.78 Å². The number of ketones is 1. The first kappa shape index (κ1) is 10.9. The summed E-state index contributed by atoms with van der Waals surface area (Å²) in [4.78, 5) is 22.6. The Bertz CT molecular complexity index is 292. The fraction of sp³-hybridized carbons (Fsp3) is 0.600. The van der Waals surface area contributed by atoms with Gasteiger partial charge in [0.1, 0.15) is 5.92 Å². The molecule has 4 heteroatoms. The Balaban J connectivity index is 3.01. The van der Waals surface area contributed by atoms with E-state index in [2.05, 4.69) is 4.74 Å². The van der Waals surface area contributed by atoms with E-state index in [-0.39, 0.29) is 5.78 Å². The number of ether oxygens (including phenoxy) is 1. The number of allylic oxidation sites excluding steroid dienone is 1. The van der Waals surface area contributed by atoms with E-state index in [1.807, 2.05) is 0 Å². The summed E-state index contributed by atoms with van der Waals surface area (Å²) in [5, 5.41) is 9.72. The summed E-state index contributed by atoms with van der Waals surface area (Å²) in [6, 6.07) is 0. The van der Waals surface area contributed by atoms with E-state index in [1.165, 1.54) is 13.2 Å². The van der Waals surface area contributed by atoms with Crippen LogP contribution in [0.5, 0.6) is 0 Å². The maximum atomic E-state index is 11.3. The van der Waals surface area contributed by atoms with E-state index in [4.69, 9.17) is 0 Å². The quantitative estimate of drug-likeness (QED) is 0.615. The molecule has 0 aromatic rings. The Kier molecular flexibility index (Phi) is 3.06. The van der Waals surface area contributed by atoms with Crippen LogP contribution in [0.2, 0.25) is 0 Å². The van der Waals surface area contributed by atoms with Gasteiger partial charge < -0.3 is 9.84 Å². The highest BCUT2D eigenvalue weighted by Gasteiger charge is 2.39. The van der Waals surface area contributed by atoms with E-state index in [0.717, 1.165) is 0 Å². The number of aliphatic hydroxyl groups excluding tert-OH is 1. The number of carbonyl (C=O) groups is 2. The standard InChI is InChI=1S/C10H14O4/c1-5-4-7(11)6(2)9(12)8(5)10(13)14-3/h4,6,8-9,12H,1-3H3. The van der Waals surface area contributed by atoms with Gasteiger partial charge in [0.2, 0.25) is 0 Å². The molecule has 4 nitrogen and oxygen atoms in total. The van der Waals surface area contributed by atoms with Crippen molar-refractivity contribution in [1.29, 1.82) is 0 Å². The molecule has 0 aromatic carbocycles. The van der Waals surface area contributed by atoms with Gasteiger partial charge >= 0.3 is 5.97 Å². The van der Waals surface area contributed by atoms with Crippen molar-refractivity contribution >= 4 is 11.8 Å². The molecule has 0 spiro atoms. The van der Waals surface area contributed by atoms with E-state index in [0.29, 0.717) is 5.57 Å². The first-order chi connectivity index (χ1) is 6.49. The summed E-state index contributed by atoms with van der Waals surface area (Å²) in [7, 11) is 1.27. The number of esters is 1. The lowest BCUT2D eigenvalue weighted by Gasteiger charge is -2.29. The van der Waals surface area contributed by atoms with Crippen LogP contribution in [0.25, 0.3) is 0 Å². The Morgan fingerprint density at radius 3 is 2.64 bits per heavy atom. The van der Waals surface area contributed by atoms with Crippen LogP contribution in [0.4, 0.5) is 0 Å². The molecule has 1 N–H and O–H groups in total. The van der Waals surface area contributed by atoms with Crippen LogP contribution in [-0.2, 0) is 14.3 Å². The van der Waals surface area contributed by atoms with Gasteiger partial charge in [-0.1, -0.05) is 12.5 Å². The maximum absolute atomic E-state index is 11.3. The average Bonchev–Trinajstić information content (AvgIpc) is 2.14. The van der Waals surface area contributed by atoms with Crippen molar-refractivity contribution in [2.45, 2.75) is 20.0 Å². The van der Waals surface area contributed by atoms with E-state index in [9.17, 15) is 14.7 Å². The highest BCUT2D eigenvalue weighted by molar-refractivity contribution is 5.96. The second-order valence-electron chi connectivity index (χ2n) is 3.57. The Morgan fingerprint density at radius 1 is 1.57 bits per heavy atom. The first-order valence-corrected chi connectivity index (χ1v) is 4.47. The zero-order valence-corrected chi connectivity index (χ0v) is 8.48. The second kappa shape index (κ2) is 3.92. The fourth-order valence-corrected chi connectivity index (χ4v) is 1.62. The predicted octanol–water partition coefficient (Wildman–Crippen LogP) is 0.302. The van der Waals surface area contributed by atoms with Crippen molar-refractivity contribution in [3.63, 3.8) is 0 Å². The van der Waals surface area contributed by atoms with Crippen LogP contribution in [0.3, 0.4) is 0 Å². The molecule has 0 bridgehead atoms. The smallest absolute Gasteiger partial charge is 0.315 e. The fourth-order valence-electron chi connectivity index (χ4n) is 1.62. The molecule has 0 saturated heterocycles. The van der Waals surface area contributed by atoms with Gasteiger partial charge in [0.25, 0.3) is 0 Å². The first-order valence-electron chi connectivity index (χ1n) is 4.47. The maximum Gasteiger partial charge on any atom is 0.315 e. The summed E-state index contributed by atoms with van der Waals surface area (Å²) in [6.45, 7) is 3.25. The minimum absolute atomic E-state index is 0.143. The third kappa shape index (κ3) is 1.70. The van der Waals surface area contributed by atoms with Crippen LogP contribution < -0.4 is 0 Å². The van der Waals surface area contributed by atoms with Gasteiger partial charge in [-0.3, -0.25) is 9.59 Å². The largest absolute Gasteiger partial charge is 0.468 e. The normalized spacial score (nSPS) is 32.4. The molecular formula is C10H14O4. The summed E-state index contributed by atoms with van der Waals surface area (Å²) in [5.74, 6) is -1.88. The minimum Gasteiger partial charge on any atom is -0.468 e. The van der Waals surface area contributed by atoms with E-state index >= 15 is 0 Å². The van der Waals surface area contributed by atoms with Crippen molar-refractivity contribution in [3.8, 4) is 0 Å². The van der Waals surface area contributed by atoms with Gasteiger partial charge in [-0.25, -0.2) is 0 Å².